The standard InChI is InChI=1S/C13H24N2O4/c1-10(11(16)17)9-14-5-7-15(8-6-14)12(18)19-13(2,3)4/h10H,5-9H2,1-4H3,(H,16,17). The first kappa shape index (κ1) is 15.8. The molecular weight excluding hydrogens is 248 g/mol. The number of rotatable bonds is 3. The second kappa shape index (κ2) is 6.23. The van der Waals surface area contributed by atoms with E-state index in [1.807, 2.05) is 20.8 Å². The molecule has 0 radical (unpaired) electrons. The minimum Gasteiger partial charge on any atom is -0.481 e. The SMILES string of the molecule is CC(CN1CCN(C(=O)OC(C)(C)C)CC1)C(=O)O. The summed E-state index contributed by atoms with van der Waals surface area (Å²) in [5.74, 6) is -1.16. The maximum absolute atomic E-state index is 11.8. The Morgan fingerprint density at radius 1 is 1.21 bits per heavy atom. The molecule has 1 rings (SSSR count). The highest BCUT2D eigenvalue weighted by Crippen LogP contribution is 2.12. The second-order valence-corrected chi connectivity index (χ2v) is 6.01. The molecule has 1 aliphatic rings. The molecule has 19 heavy (non-hydrogen) atoms. The molecule has 1 heterocycles. The van der Waals surface area contributed by atoms with E-state index in [9.17, 15) is 9.59 Å². The second-order valence-electron chi connectivity index (χ2n) is 6.01. The number of nitrogens with zero attached hydrogens (tertiary/aromatic N) is 2. The van der Waals surface area contributed by atoms with Crippen LogP contribution in [0.15, 0.2) is 0 Å². The Morgan fingerprint density at radius 3 is 2.16 bits per heavy atom. The smallest absolute Gasteiger partial charge is 0.410 e. The topological polar surface area (TPSA) is 70.1 Å². The first-order chi connectivity index (χ1) is 8.69. The summed E-state index contributed by atoms with van der Waals surface area (Å²) in [7, 11) is 0. The van der Waals surface area contributed by atoms with E-state index in [0.717, 1.165) is 0 Å². The van der Waals surface area contributed by atoms with Gasteiger partial charge in [-0.25, -0.2) is 4.79 Å². The molecule has 0 aliphatic carbocycles. The summed E-state index contributed by atoms with van der Waals surface area (Å²) in [5, 5.41) is 8.87. The summed E-state index contributed by atoms with van der Waals surface area (Å²) in [4.78, 5) is 26.4. The average molecular weight is 272 g/mol. The molecule has 6 heteroatoms. The molecule has 110 valence electrons. The van der Waals surface area contributed by atoms with E-state index < -0.39 is 11.6 Å². The minimum absolute atomic E-state index is 0.293. The molecule has 0 aromatic carbocycles. The quantitative estimate of drug-likeness (QED) is 0.837. The van der Waals surface area contributed by atoms with Gasteiger partial charge in [-0.05, 0) is 20.8 Å². The highest BCUT2D eigenvalue weighted by molar-refractivity contribution is 5.70. The molecule has 1 unspecified atom stereocenters. The van der Waals surface area contributed by atoms with Crippen LogP contribution in [0.3, 0.4) is 0 Å². The molecule has 1 fully saturated rings. The van der Waals surface area contributed by atoms with Crippen LogP contribution in [-0.2, 0) is 9.53 Å². The van der Waals surface area contributed by atoms with E-state index >= 15 is 0 Å². The van der Waals surface area contributed by atoms with Crippen molar-refractivity contribution < 1.29 is 19.4 Å². The van der Waals surface area contributed by atoms with E-state index in [2.05, 4.69) is 4.90 Å². The maximum atomic E-state index is 11.8. The van der Waals surface area contributed by atoms with Gasteiger partial charge in [0.15, 0.2) is 0 Å². The number of aliphatic carboxylic acids is 1. The van der Waals surface area contributed by atoms with Crippen molar-refractivity contribution in [2.45, 2.75) is 33.3 Å². The number of amides is 1. The van der Waals surface area contributed by atoms with Crippen LogP contribution in [-0.4, -0.2) is 65.3 Å². The van der Waals surface area contributed by atoms with Gasteiger partial charge in [-0.3, -0.25) is 9.69 Å². The van der Waals surface area contributed by atoms with E-state index in [1.54, 1.807) is 11.8 Å². The van der Waals surface area contributed by atoms with Crippen molar-refractivity contribution in [1.82, 2.24) is 9.80 Å². The molecule has 0 bridgehead atoms. The highest BCUT2D eigenvalue weighted by Gasteiger charge is 2.27. The number of ether oxygens (including phenoxy) is 1. The highest BCUT2D eigenvalue weighted by atomic mass is 16.6. The van der Waals surface area contributed by atoms with Gasteiger partial charge in [0.1, 0.15) is 5.60 Å². The van der Waals surface area contributed by atoms with E-state index in [1.165, 1.54) is 0 Å². The molecule has 6 nitrogen and oxygen atoms in total. The summed E-state index contributed by atoms with van der Waals surface area (Å²) < 4.78 is 5.31. The van der Waals surface area contributed by atoms with Crippen LogP contribution in [0.25, 0.3) is 0 Å². The summed E-state index contributed by atoms with van der Waals surface area (Å²) in [6.45, 7) is 10.3. The van der Waals surface area contributed by atoms with Crippen LogP contribution < -0.4 is 0 Å². The first-order valence-electron chi connectivity index (χ1n) is 6.62. The van der Waals surface area contributed by atoms with Crippen molar-refractivity contribution in [3.63, 3.8) is 0 Å². The lowest BCUT2D eigenvalue weighted by atomic mass is 10.1. The molecule has 0 aromatic heterocycles. The zero-order valence-electron chi connectivity index (χ0n) is 12.2. The maximum Gasteiger partial charge on any atom is 0.410 e. The van der Waals surface area contributed by atoms with Gasteiger partial charge in [0, 0.05) is 32.7 Å². The van der Waals surface area contributed by atoms with Crippen LogP contribution in [0.5, 0.6) is 0 Å². The summed E-state index contributed by atoms with van der Waals surface area (Å²) in [6, 6.07) is 0. The predicted molar refractivity (Wildman–Crippen MR) is 71.0 cm³/mol. The third kappa shape index (κ3) is 5.46. The van der Waals surface area contributed by atoms with Gasteiger partial charge >= 0.3 is 12.1 Å². The Bertz CT molecular complexity index is 330. The molecule has 1 N–H and O–H groups in total. The van der Waals surface area contributed by atoms with Crippen molar-refractivity contribution in [2.24, 2.45) is 5.92 Å². The number of carboxylic acid groups (broad SMARTS) is 1. The molecule has 1 saturated heterocycles. The zero-order chi connectivity index (χ0) is 14.6. The Hall–Kier alpha value is -1.30. The van der Waals surface area contributed by atoms with Gasteiger partial charge in [0.25, 0.3) is 0 Å². The van der Waals surface area contributed by atoms with Gasteiger partial charge in [0.2, 0.25) is 0 Å². The van der Waals surface area contributed by atoms with E-state index in [0.29, 0.717) is 32.7 Å². The molecule has 1 atom stereocenters. The number of hydrogen-bond donors (Lipinski definition) is 1. The fraction of sp³-hybridized carbons (Fsp3) is 0.846. The fourth-order valence-electron chi connectivity index (χ4n) is 1.90. The zero-order valence-corrected chi connectivity index (χ0v) is 12.2. The monoisotopic (exact) mass is 272 g/mol. The lowest BCUT2D eigenvalue weighted by molar-refractivity contribution is -0.141. The summed E-state index contributed by atoms with van der Waals surface area (Å²) >= 11 is 0. The molecule has 0 saturated carbocycles. The van der Waals surface area contributed by atoms with Gasteiger partial charge in [-0.2, -0.15) is 0 Å². The third-order valence-electron chi connectivity index (χ3n) is 2.98. The van der Waals surface area contributed by atoms with Crippen molar-refractivity contribution in [3.05, 3.63) is 0 Å². The van der Waals surface area contributed by atoms with E-state index in [-0.39, 0.29) is 12.0 Å². The average Bonchev–Trinajstić information content (AvgIpc) is 2.27. The van der Waals surface area contributed by atoms with Crippen LogP contribution in [0.2, 0.25) is 0 Å². The Labute approximate surface area is 114 Å². The van der Waals surface area contributed by atoms with Crippen LogP contribution >= 0.6 is 0 Å². The Balaban J connectivity index is 2.36. The molecule has 1 aliphatic heterocycles. The molecule has 1 amide bonds. The first-order valence-corrected chi connectivity index (χ1v) is 6.62. The number of hydrogen-bond acceptors (Lipinski definition) is 4. The van der Waals surface area contributed by atoms with Crippen LogP contribution in [0.1, 0.15) is 27.7 Å². The number of carbonyl (C=O) groups is 2. The van der Waals surface area contributed by atoms with Crippen LogP contribution in [0.4, 0.5) is 4.79 Å². The lowest BCUT2D eigenvalue weighted by Crippen LogP contribution is -2.51. The fourth-order valence-corrected chi connectivity index (χ4v) is 1.90. The van der Waals surface area contributed by atoms with Crippen molar-refractivity contribution >= 4 is 12.1 Å². The summed E-state index contributed by atoms with van der Waals surface area (Å²) in [6.07, 6.45) is -0.293. The van der Waals surface area contributed by atoms with Crippen molar-refractivity contribution in [2.75, 3.05) is 32.7 Å². The summed E-state index contributed by atoms with van der Waals surface area (Å²) in [5.41, 5.74) is -0.480. The molecular formula is C13H24N2O4. The minimum atomic E-state index is -0.783. The van der Waals surface area contributed by atoms with Gasteiger partial charge < -0.3 is 14.7 Å². The number of carbonyl (C=O) groups excluding carboxylic acids is 1. The predicted octanol–water partition coefficient (Wildman–Crippen LogP) is 1.26. The Morgan fingerprint density at radius 2 is 1.74 bits per heavy atom. The van der Waals surface area contributed by atoms with Gasteiger partial charge in [-0.15, -0.1) is 0 Å². The van der Waals surface area contributed by atoms with Crippen LogP contribution in [0, 0.1) is 5.92 Å². The van der Waals surface area contributed by atoms with Crippen molar-refractivity contribution in [1.29, 1.82) is 0 Å². The number of piperazine rings is 1. The number of carboxylic acids is 1. The van der Waals surface area contributed by atoms with Crippen molar-refractivity contribution in [3.8, 4) is 0 Å². The molecule has 0 aromatic rings. The lowest BCUT2D eigenvalue weighted by Gasteiger charge is -2.36. The van der Waals surface area contributed by atoms with E-state index in [4.69, 9.17) is 9.84 Å². The normalized spacial score (nSPS) is 19.1. The Kier molecular flexibility index (Phi) is 5.17. The third-order valence-corrected chi connectivity index (χ3v) is 2.98. The largest absolute Gasteiger partial charge is 0.481 e. The van der Waals surface area contributed by atoms with Gasteiger partial charge in [-0.1, -0.05) is 6.92 Å². The van der Waals surface area contributed by atoms with Gasteiger partial charge in [0.05, 0.1) is 5.92 Å². The molecule has 0 spiro atoms.